The maximum absolute atomic E-state index is 5.46. The minimum atomic E-state index is 0.483. The molecule has 1 saturated heterocycles. The molecule has 0 aromatic heterocycles. The SMILES string of the molecule is S=C(NNC(=S)N1CCN(c2ccccc2)CC1)Nc1ccccc1. The number of thiocarbonyl (C=S) groups is 2. The molecule has 0 amide bonds. The number of hydrazine groups is 1. The Hall–Kier alpha value is -2.38. The molecule has 1 fully saturated rings. The first kappa shape index (κ1) is 17.4. The average molecular weight is 372 g/mol. The van der Waals surface area contributed by atoms with Gasteiger partial charge in [-0.1, -0.05) is 36.4 Å². The first-order chi connectivity index (χ1) is 12.2. The van der Waals surface area contributed by atoms with Gasteiger partial charge in [0.05, 0.1) is 0 Å². The molecule has 0 unspecified atom stereocenters. The lowest BCUT2D eigenvalue weighted by Gasteiger charge is -2.37. The van der Waals surface area contributed by atoms with Crippen LogP contribution in [0.3, 0.4) is 0 Å². The van der Waals surface area contributed by atoms with Crippen molar-refractivity contribution in [1.82, 2.24) is 15.8 Å². The molecule has 0 bridgehead atoms. The molecule has 3 N–H and O–H groups in total. The maximum Gasteiger partial charge on any atom is 0.189 e. The first-order valence-electron chi connectivity index (χ1n) is 8.19. The summed E-state index contributed by atoms with van der Waals surface area (Å²) in [4.78, 5) is 4.51. The second kappa shape index (κ2) is 8.64. The monoisotopic (exact) mass is 371 g/mol. The molecule has 1 aliphatic rings. The van der Waals surface area contributed by atoms with Gasteiger partial charge in [0.2, 0.25) is 0 Å². The molecule has 3 rings (SSSR count). The molecule has 0 radical (unpaired) electrons. The van der Waals surface area contributed by atoms with Crippen molar-refractivity contribution in [2.45, 2.75) is 0 Å². The van der Waals surface area contributed by atoms with Crippen molar-refractivity contribution in [3.8, 4) is 0 Å². The van der Waals surface area contributed by atoms with Gasteiger partial charge in [-0.25, -0.2) is 0 Å². The first-order valence-corrected chi connectivity index (χ1v) is 9.01. The summed E-state index contributed by atoms with van der Waals surface area (Å²) in [5, 5.41) is 4.24. The van der Waals surface area contributed by atoms with E-state index in [9.17, 15) is 0 Å². The standard InChI is InChI=1S/C18H21N5S2/c24-17(19-15-7-3-1-4-8-15)20-21-18(25)23-13-11-22(12-14-23)16-9-5-2-6-10-16/h1-10H,11-14H2,(H,21,25)(H2,19,20,24). The number of nitrogens with one attached hydrogen (secondary N) is 3. The number of piperazine rings is 1. The van der Waals surface area contributed by atoms with Gasteiger partial charge in [0.25, 0.3) is 0 Å². The minimum Gasteiger partial charge on any atom is -0.368 e. The number of hydrogen-bond donors (Lipinski definition) is 3. The number of hydrogen-bond acceptors (Lipinski definition) is 3. The molecule has 0 aliphatic carbocycles. The van der Waals surface area contributed by atoms with E-state index in [1.54, 1.807) is 0 Å². The van der Waals surface area contributed by atoms with E-state index in [1.807, 2.05) is 36.4 Å². The summed E-state index contributed by atoms with van der Waals surface area (Å²) in [6.45, 7) is 3.64. The number of benzene rings is 2. The zero-order chi connectivity index (χ0) is 17.5. The van der Waals surface area contributed by atoms with Crippen LogP contribution in [0.25, 0.3) is 0 Å². The van der Waals surface area contributed by atoms with Crippen LogP contribution >= 0.6 is 24.4 Å². The van der Waals surface area contributed by atoms with Crippen molar-refractivity contribution in [1.29, 1.82) is 0 Å². The highest BCUT2D eigenvalue weighted by Gasteiger charge is 2.19. The molecule has 25 heavy (non-hydrogen) atoms. The number of para-hydroxylation sites is 2. The fourth-order valence-electron chi connectivity index (χ4n) is 2.68. The third-order valence-electron chi connectivity index (χ3n) is 4.00. The average Bonchev–Trinajstić information content (AvgIpc) is 2.68. The molecule has 0 atom stereocenters. The number of nitrogens with zero attached hydrogens (tertiary/aromatic N) is 2. The van der Waals surface area contributed by atoms with Crippen LogP contribution in [0.4, 0.5) is 11.4 Å². The van der Waals surface area contributed by atoms with E-state index in [-0.39, 0.29) is 0 Å². The number of rotatable bonds is 2. The Morgan fingerprint density at radius 1 is 0.760 bits per heavy atom. The molecule has 0 spiro atoms. The molecule has 0 saturated carbocycles. The lowest BCUT2D eigenvalue weighted by atomic mass is 10.2. The van der Waals surface area contributed by atoms with Crippen LogP contribution in [0.2, 0.25) is 0 Å². The quantitative estimate of drug-likeness (QED) is 0.554. The Bertz CT molecular complexity index is 700. The van der Waals surface area contributed by atoms with Gasteiger partial charge >= 0.3 is 0 Å². The minimum absolute atomic E-state index is 0.483. The molecular weight excluding hydrogens is 350 g/mol. The third kappa shape index (κ3) is 5.04. The van der Waals surface area contributed by atoms with Gasteiger partial charge in [0.15, 0.2) is 10.2 Å². The van der Waals surface area contributed by atoms with Crippen molar-refractivity contribution in [2.75, 3.05) is 36.4 Å². The van der Waals surface area contributed by atoms with E-state index < -0.39 is 0 Å². The highest BCUT2D eigenvalue weighted by Crippen LogP contribution is 2.15. The van der Waals surface area contributed by atoms with Crippen LogP contribution in [0.1, 0.15) is 0 Å². The lowest BCUT2D eigenvalue weighted by molar-refractivity contribution is 0.378. The van der Waals surface area contributed by atoms with Crippen molar-refractivity contribution in [3.63, 3.8) is 0 Å². The highest BCUT2D eigenvalue weighted by molar-refractivity contribution is 7.80. The molecule has 7 heteroatoms. The number of anilines is 2. The van der Waals surface area contributed by atoms with Crippen molar-refractivity contribution >= 4 is 46.0 Å². The smallest absolute Gasteiger partial charge is 0.189 e. The predicted molar refractivity (Wildman–Crippen MR) is 112 cm³/mol. The summed E-state index contributed by atoms with van der Waals surface area (Å²) in [6.07, 6.45) is 0. The van der Waals surface area contributed by atoms with E-state index in [1.165, 1.54) is 5.69 Å². The van der Waals surface area contributed by atoms with Crippen LogP contribution in [-0.4, -0.2) is 41.3 Å². The van der Waals surface area contributed by atoms with E-state index in [0.717, 1.165) is 31.9 Å². The van der Waals surface area contributed by atoms with E-state index in [2.05, 4.69) is 50.2 Å². The van der Waals surface area contributed by atoms with Gasteiger partial charge < -0.3 is 15.1 Å². The van der Waals surface area contributed by atoms with Gasteiger partial charge in [0.1, 0.15) is 0 Å². The summed E-state index contributed by atoms with van der Waals surface area (Å²) >= 11 is 10.7. The van der Waals surface area contributed by atoms with Crippen LogP contribution in [-0.2, 0) is 0 Å². The van der Waals surface area contributed by atoms with E-state index in [0.29, 0.717) is 10.2 Å². The molecule has 5 nitrogen and oxygen atoms in total. The molecule has 1 heterocycles. The van der Waals surface area contributed by atoms with Crippen LogP contribution in [0.15, 0.2) is 60.7 Å². The summed E-state index contributed by atoms with van der Waals surface area (Å²) in [5.41, 5.74) is 8.15. The molecule has 2 aromatic carbocycles. The second-order valence-corrected chi connectivity index (χ2v) is 6.48. The molecule has 1 aliphatic heterocycles. The van der Waals surface area contributed by atoms with E-state index in [4.69, 9.17) is 24.4 Å². The normalized spacial score (nSPS) is 13.9. The maximum atomic E-state index is 5.46. The van der Waals surface area contributed by atoms with Gasteiger partial charge in [-0.2, -0.15) is 0 Å². The van der Waals surface area contributed by atoms with Gasteiger partial charge in [-0.15, -0.1) is 0 Å². The Labute approximate surface area is 159 Å². The van der Waals surface area contributed by atoms with Crippen LogP contribution < -0.4 is 21.1 Å². The Balaban J connectivity index is 1.41. The summed E-state index contributed by atoms with van der Waals surface area (Å²) in [7, 11) is 0. The third-order valence-corrected chi connectivity index (χ3v) is 4.57. The van der Waals surface area contributed by atoms with Gasteiger partial charge in [-0.05, 0) is 48.7 Å². The zero-order valence-electron chi connectivity index (χ0n) is 13.8. The van der Waals surface area contributed by atoms with Gasteiger partial charge in [-0.3, -0.25) is 10.9 Å². The largest absolute Gasteiger partial charge is 0.368 e. The Morgan fingerprint density at radius 2 is 1.36 bits per heavy atom. The second-order valence-electron chi connectivity index (χ2n) is 5.68. The zero-order valence-corrected chi connectivity index (χ0v) is 15.4. The van der Waals surface area contributed by atoms with Crippen molar-refractivity contribution < 1.29 is 0 Å². The molecule has 130 valence electrons. The summed E-state index contributed by atoms with van der Waals surface area (Å²) < 4.78 is 0. The molecule has 2 aromatic rings. The fourth-order valence-corrected chi connectivity index (χ4v) is 3.08. The van der Waals surface area contributed by atoms with Gasteiger partial charge in [0, 0.05) is 37.6 Å². The summed E-state index contributed by atoms with van der Waals surface area (Å²) in [6, 6.07) is 20.2. The summed E-state index contributed by atoms with van der Waals surface area (Å²) in [5.74, 6) is 0. The Kier molecular flexibility index (Phi) is 6.03. The van der Waals surface area contributed by atoms with Crippen molar-refractivity contribution in [2.24, 2.45) is 0 Å². The molecular formula is C18H21N5S2. The lowest BCUT2D eigenvalue weighted by Crippen LogP contribution is -2.55. The predicted octanol–water partition coefficient (Wildman–Crippen LogP) is 2.58. The highest BCUT2D eigenvalue weighted by atomic mass is 32.1. The Morgan fingerprint density at radius 3 is 2.00 bits per heavy atom. The fraction of sp³-hybridized carbons (Fsp3) is 0.222. The van der Waals surface area contributed by atoms with Crippen molar-refractivity contribution in [3.05, 3.63) is 60.7 Å². The van der Waals surface area contributed by atoms with E-state index >= 15 is 0 Å². The van der Waals surface area contributed by atoms with Crippen LogP contribution in [0, 0.1) is 0 Å². The van der Waals surface area contributed by atoms with Crippen LogP contribution in [0.5, 0.6) is 0 Å². The topological polar surface area (TPSA) is 42.6 Å².